The van der Waals surface area contributed by atoms with Crippen LogP contribution < -0.4 is 0 Å². The van der Waals surface area contributed by atoms with Crippen LogP contribution in [0.4, 0.5) is 0 Å². The zero-order valence-electron chi connectivity index (χ0n) is 15.9. The van der Waals surface area contributed by atoms with Crippen molar-refractivity contribution in [1.29, 1.82) is 0 Å². The standard InChI is InChI=1S/C18H33NO3Si/c1-9-10-15(22-23(6,7)8)19-16(2,3)13-18(14-17(19,4)5)20-11-12-21-18/h9-10H,1,11-14H2,2-8H3/b15-10-. The molecule has 0 unspecified atom stereocenters. The van der Waals surface area contributed by atoms with E-state index < -0.39 is 14.1 Å². The molecule has 2 fully saturated rings. The lowest BCUT2D eigenvalue weighted by Crippen LogP contribution is -2.65. The van der Waals surface area contributed by atoms with E-state index in [0.29, 0.717) is 13.2 Å². The van der Waals surface area contributed by atoms with E-state index in [1.807, 2.05) is 12.2 Å². The molecule has 2 aliphatic rings. The Morgan fingerprint density at radius 2 is 1.52 bits per heavy atom. The van der Waals surface area contributed by atoms with E-state index in [-0.39, 0.29) is 11.1 Å². The van der Waals surface area contributed by atoms with Crippen LogP contribution >= 0.6 is 0 Å². The molecule has 2 heterocycles. The van der Waals surface area contributed by atoms with Gasteiger partial charge in [-0.3, -0.25) is 0 Å². The van der Waals surface area contributed by atoms with E-state index >= 15 is 0 Å². The molecule has 0 atom stereocenters. The maximum Gasteiger partial charge on any atom is 0.244 e. The Bertz CT molecular complexity index is 465. The molecule has 1 spiro atoms. The van der Waals surface area contributed by atoms with Crippen molar-refractivity contribution in [3.63, 3.8) is 0 Å². The van der Waals surface area contributed by atoms with Gasteiger partial charge < -0.3 is 18.8 Å². The number of hydrogen-bond acceptors (Lipinski definition) is 4. The lowest BCUT2D eigenvalue weighted by molar-refractivity contribution is -0.237. The van der Waals surface area contributed by atoms with Crippen LogP contribution in [0.5, 0.6) is 0 Å². The molecule has 0 amide bonds. The first-order valence-electron chi connectivity index (χ1n) is 8.51. The Hall–Kier alpha value is -0.783. The van der Waals surface area contributed by atoms with Crippen LogP contribution in [0.3, 0.4) is 0 Å². The molecule has 0 bridgehead atoms. The van der Waals surface area contributed by atoms with Gasteiger partial charge in [-0.05, 0) is 53.4 Å². The molecule has 0 radical (unpaired) electrons. The average Bonchev–Trinajstić information content (AvgIpc) is 2.70. The van der Waals surface area contributed by atoms with Gasteiger partial charge in [0.05, 0.1) is 13.2 Å². The number of piperidine rings is 1. The smallest absolute Gasteiger partial charge is 0.244 e. The van der Waals surface area contributed by atoms with Crippen LogP contribution in [-0.2, 0) is 13.9 Å². The lowest BCUT2D eigenvalue weighted by atomic mass is 9.76. The number of rotatable bonds is 4. The minimum atomic E-state index is -1.73. The van der Waals surface area contributed by atoms with Gasteiger partial charge in [-0.25, -0.2) is 0 Å². The molecule has 0 saturated carbocycles. The van der Waals surface area contributed by atoms with Crippen molar-refractivity contribution in [3.05, 3.63) is 24.6 Å². The molecule has 5 heteroatoms. The molecule has 2 saturated heterocycles. The third-order valence-corrected chi connectivity index (χ3v) is 5.14. The van der Waals surface area contributed by atoms with Gasteiger partial charge >= 0.3 is 0 Å². The molecule has 0 aromatic heterocycles. The average molecular weight is 340 g/mol. The number of allylic oxidation sites excluding steroid dienone is 2. The molecule has 23 heavy (non-hydrogen) atoms. The first kappa shape index (κ1) is 18.6. The quantitative estimate of drug-likeness (QED) is 0.435. The summed E-state index contributed by atoms with van der Waals surface area (Å²) in [6, 6.07) is 0. The molecule has 2 aliphatic heterocycles. The fourth-order valence-electron chi connectivity index (χ4n) is 4.22. The summed E-state index contributed by atoms with van der Waals surface area (Å²) in [7, 11) is -1.73. The normalized spacial score (nSPS) is 26.4. The Morgan fingerprint density at radius 3 is 1.91 bits per heavy atom. The van der Waals surface area contributed by atoms with Gasteiger partial charge in [0, 0.05) is 23.9 Å². The van der Waals surface area contributed by atoms with Crippen molar-refractivity contribution >= 4 is 8.32 Å². The van der Waals surface area contributed by atoms with E-state index in [2.05, 4.69) is 58.8 Å². The summed E-state index contributed by atoms with van der Waals surface area (Å²) < 4.78 is 18.5. The number of ether oxygens (including phenoxy) is 2. The zero-order chi connectivity index (χ0) is 17.5. The fourth-order valence-corrected chi connectivity index (χ4v) is 5.01. The summed E-state index contributed by atoms with van der Waals surface area (Å²) in [6.45, 7) is 20.8. The molecule has 2 rings (SSSR count). The van der Waals surface area contributed by atoms with Crippen LogP contribution in [0.15, 0.2) is 24.6 Å². The van der Waals surface area contributed by atoms with E-state index in [4.69, 9.17) is 13.9 Å². The topological polar surface area (TPSA) is 30.9 Å². The van der Waals surface area contributed by atoms with Gasteiger partial charge in [0.2, 0.25) is 8.32 Å². The second-order valence-corrected chi connectivity index (χ2v) is 13.3. The molecule has 4 nitrogen and oxygen atoms in total. The Balaban J connectivity index is 2.39. The third-order valence-electron chi connectivity index (χ3n) is 4.32. The summed E-state index contributed by atoms with van der Waals surface area (Å²) >= 11 is 0. The van der Waals surface area contributed by atoms with Gasteiger partial charge in [-0.1, -0.05) is 12.7 Å². The molecular weight excluding hydrogens is 306 g/mol. The van der Waals surface area contributed by atoms with Gasteiger partial charge in [0.25, 0.3) is 0 Å². The first-order valence-corrected chi connectivity index (χ1v) is 11.9. The Morgan fingerprint density at radius 1 is 1.04 bits per heavy atom. The Kier molecular flexibility index (Phi) is 4.79. The fraction of sp³-hybridized carbons (Fsp3) is 0.778. The van der Waals surface area contributed by atoms with E-state index in [0.717, 1.165) is 18.7 Å². The maximum atomic E-state index is 6.41. The van der Waals surface area contributed by atoms with Crippen LogP contribution in [0.25, 0.3) is 0 Å². The summed E-state index contributed by atoms with van der Waals surface area (Å²) in [5.41, 5.74) is -0.277. The van der Waals surface area contributed by atoms with Crippen molar-refractivity contribution < 1.29 is 13.9 Å². The molecule has 0 aliphatic carbocycles. The van der Waals surface area contributed by atoms with Crippen LogP contribution in [0.2, 0.25) is 19.6 Å². The summed E-state index contributed by atoms with van der Waals surface area (Å²) in [5.74, 6) is 0.462. The predicted molar refractivity (Wildman–Crippen MR) is 96.6 cm³/mol. The largest absolute Gasteiger partial charge is 0.533 e. The van der Waals surface area contributed by atoms with Crippen LogP contribution in [-0.4, -0.2) is 43.3 Å². The zero-order valence-corrected chi connectivity index (χ0v) is 16.9. The second kappa shape index (κ2) is 5.94. The molecule has 132 valence electrons. The number of hydrogen-bond donors (Lipinski definition) is 0. The highest BCUT2D eigenvalue weighted by molar-refractivity contribution is 6.70. The molecular formula is C18H33NO3Si. The number of nitrogens with zero attached hydrogens (tertiary/aromatic N) is 1. The van der Waals surface area contributed by atoms with Crippen LogP contribution in [0, 0.1) is 0 Å². The highest BCUT2D eigenvalue weighted by Gasteiger charge is 2.56. The van der Waals surface area contributed by atoms with Crippen molar-refractivity contribution in [3.8, 4) is 0 Å². The Labute approximate surface area is 142 Å². The first-order chi connectivity index (χ1) is 10.4. The second-order valence-electron chi connectivity index (χ2n) is 8.88. The number of likely N-dealkylation sites (tertiary alicyclic amines) is 1. The summed E-state index contributed by atoms with van der Waals surface area (Å²) in [6.07, 6.45) is 5.46. The summed E-state index contributed by atoms with van der Waals surface area (Å²) in [4.78, 5) is 2.40. The van der Waals surface area contributed by atoms with Crippen LogP contribution in [0.1, 0.15) is 40.5 Å². The van der Waals surface area contributed by atoms with E-state index in [9.17, 15) is 0 Å². The third kappa shape index (κ3) is 4.01. The van der Waals surface area contributed by atoms with Crippen molar-refractivity contribution in [2.45, 2.75) is 77.0 Å². The van der Waals surface area contributed by atoms with Crippen molar-refractivity contribution in [2.24, 2.45) is 0 Å². The predicted octanol–water partition coefficient (Wildman–Crippen LogP) is 4.26. The monoisotopic (exact) mass is 339 g/mol. The molecule has 0 aromatic rings. The minimum absolute atomic E-state index is 0.138. The van der Waals surface area contributed by atoms with Gasteiger partial charge in [0.15, 0.2) is 11.7 Å². The van der Waals surface area contributed by atoms with Gasteiger partial charge in [0.1, 0.15) is 0 Å². The molecule has 0 N–H and O–H groups in total. The minimum Gasteiger partial charge on any atom is -0.533 e. The highest BCUT2D eigenvalue weighted by Crippen LogP contribution is 2.49. The highest BCUT2D eigenvalue weighted by atomic mass is 28.4. The van der Waals surface area contributed by atoms with Crippen molar-refractivity contribution in [1.82, 2.24) is 4.90 Å². The van der Waals surface area contributed by atoms with Gasteiger partial charge in [-0.2, -0.15) is 0 Å². The summed E-state index contributed by atoms with van der Waals surface area (Å²) in [5, 5.41) is 0. The SMILES string of the molecule is C=C/C=C(\O[Si](C)(C)C)N1C(C)(C)CC2(CC1(C)C)OCCO2. The molecule has 0 aromatic carbocycles. The maximum absolute atomic E-state index is 6.41. The van der Waals surface area contributed by atoms with E-state index in [1.54, 1.807) is 0 Å². The van der Waals surface area contributed by atoms with E-state index in [1.165, 1.54) is 0 Å². The lowest BCUT2D eigenvalue weighted by Gasteiger charge is -2.59. The van der Waals surface area contributed by atoms with Crippen molar-refractivity contribution in [2.75, 3.05) is 13.2 Å². The van der Waals surface area contributed by atoms with Gasteiger partial charge in [-0.15, -0.1) is 0 Å².